The Labute approximate surface area is 196 Å². The zero-order valence-corrected chi connectivity index (χ0v) is 19.2. The summed E-state index contributed by atoms with van der Waals surface area (Å²) < 4.78 is 32.6. The molecule has 0 spiro atoms. The zero-order valence-electron chi connectivity index (χ0n) is 16.8. The van der Waals surface area contributed by atoms with Crippen LogP contribution in [0.4, 0.5) is 13.6 Å². The van der Waals surface area contributed by atoms with Gasteiger partial charge in [0.2, 0.25) is 5.91 Å². The molecule has 0 radical (unpaired) electrons. The second-order valence-corrected chi connectivity index (χ2v) is 9.32. The Bertz CT molecular complexity index is 1140. The molecular formula is C24H18BrF2NO3S. The maximum absolute atomic E-state index is 13.1. The first-order valence-corrected chi connectivity index (χ1v) is 11.5. The molecule has 1 aliphatic heterocycles. The molecule has 4 nitrogen and oxygen atoms in total. The van der Waals surface area contributed by atoms with Crippen molar-refractivity contribution in [2.45, 2.75) is 24.8 Å². The van der Waals surface area contributed by atoms with E-state index in [9.17, 15) is 18.4 Å². The number of rotatable bonds is 7. The molecule has 0 aliphatic carbocycles. The van der Waals surface area contributed by atoms with Crippen LogP contribution in [0, 0.1) is 11.6 Å². The summed E-state index contributed by atoms with van der Waals surface area (Å²) in [6.45, 7) is 0.420. The number of imide groups is 1. The van der Waals surface area contributed by atoms with Crippen LogP contribution >= 0.6 is 27.7 Å². The summed E-state index contributed by atoms with van der Waals surface area (Å²) in [7, 11) is 0. The van der Waals surface area contributed by atoms with Crippen molar-refractivity contribution >= 4 is 38.8 Å². The van der Waals surface area contributed by atoms with Crippen molar-refractivity contribution in [3.63, 3.8) is 0 Å². The van der Waals surface area contributed by atoms with E-state index in [0.717, 1.165) is 27.4 Å². The van der Waals surface area contributed by atoms with E-state index in [0.29, 0.717) is 24.3 Å². The molecule has 1 heterocycles. The van der Waals surface area contributed by atoms with E-state index in [4.69, 9.17) is 4.74 Å². The topological polar surface area (TPSA) is 46.6 Å². The van der Waals surface area contributed by atoms with Gasteiger partial charge >= 0.3 is 0 Å². The molecule has 1 fully saturated rings. The van der Waals surface area contributed by atoms with Gasteiger partial charge in [0.1, 0.15) is 24.0 Å². The van der Waals surface area contributed by atoms with Crippen molar-refractivity contribution < 1.29 is 23.1 Å². The highest BCUT2D eigenvalue weighted by Crippen LogP contribution is 2.33. The number of halogens is 3. The summed E-state index contributed by atoms with van der Waals surface area (Å²) in [5.41, 5.74) is 2.42. The molecule has 0 bridgehead atoms. The smallest absolute Gasteiger partial charge is 0.289 e. The molecule has 1 atom stereocenters. The molecule has 0 saturated carbocycles. The highest BCUT2D eigenvalue weighted by molar-refractivity contribution is 9.10. The maximum atomic E-state index is 13.1. The number of hydrogen-bond acceptors (Lipinski definition) is 4. The molecule has 1 aliphatic rings. The lowest BCUT2D eigenvalue weighted by molar-refractivity contribution is -0.127. The average Bonchev–Trinajstić information content (AvgIpc) is 3.03. The van der Waals surface area contributed by atoms with Crippen LogP contribution in [0.5, 0.6) is 5.75 Å². The number of ether oxygens (including phenoxy) is 1. The largest absolute Gasteiger partial charge is 0.488 e. The molecule has 3 aromatic rings. The van der Waals surface area contributed by atoms with E-state index in [-0.39, 0.29) is 29.3 Å². The van der Waals surface area contributed by atoms with Crippen LogP contribution in [-0.2, 0) is 24.4 Å². The Kier molecular flexibility index (Phi) is 6.91. The van der Waals surface area contributed by atoms with Crippen molar-refractivity contribution in [1.29, 1.82) is 0 Å². The van der Waals surface area contributed by atoms with Crippen LogP contribution in [0.2, 0.25) is 0 Å². The quantitative estimate of drug-likeness (QED) is 0.379. The molecule has 164 valence electrons. The number of benzene rings is 3. The van der Waals surface area contributed by atoms with Crippen molar-refractivity contribution in [3.8, 4) is 5.75 Å². The van der Waals surface area contributed by atoms with Crippen LogP contribution in [0.3, 0.4) is 0 Å². The number of carbonyl (C=O) groups is 2. The monoisotopic (exact) mass is 517 g/mol. The van der Waals surface area contributed by atoms with Gasteiger partial charge in [-0.05, 0) is 75.4 Å². The highest BCUT2D eigenvalue weighted by Gasteiger charge is 2.39. The lowest BCUT2D eigenvalue weighted by atomic mass is 10.1. The predicted octanol–water partition coefficient (Wildman–Crippen LogP) is 6.11. The Morgan fingerprint density at radius 3 is 2.09 bits per heavy atom. The molecule has 3 aromatic carbocycles. The standard InChI is InChI=1S/C24H18BrF2NO3S/c25-20-11-17(5-10-21(20)31-14-16-3-8-19(27)9-4-16)12-22-23(29)28(24(30)32-22)13-15-1-6-18(26)7-2-15/h1-11,22H,12-14H2/t22-/m0/s1. The van der Waals surface area contributed by atoms with Crippen LogP contribution < -0.4 is 4.74 Å². The van der Waals surface area contributed by atoms with Gasteiger partial charge in [-0.3, -0.25) is 14.5 Å². The number of amides is 2. The van der Waals surface area contributed by atoms with Crippen molar-refractivity contribution in [2.75, 3.05) is 0 Å². The van der Waals surface area contributed by atoms with Gasteiger partial charge in [0.25, 0.3) is 5.24 Å². The Morgan fingerprint density at radius 1 is 0.875 bits per heavy atom. The van der Waals surface area contributed by atoms with Crippen LogP contribution in [0.15, 0.2) is 71.2 Å². The molecule has 8 heteroatoms. The number of thioether (sulfide) groups is 1. The van der Waals surface area contributed by atoms with Crippen LogP contribution in [0.25, 0.3) is 0 Å². The zero-order chi connectivity index (χ0) is 22.7. The van der Waals surface area contributed by atoms with Crippen LogP contribution in [0.1, 0.15) is 16.7 Å². The fourth-order valence-electron chi connectivity index (χ4n) is 3.29. The molecular weight excluding hydrogens is 500 g/mol. The lowest BCUT2D eigenvalue weighted by Gasteiger charge is -2.14. The first kappa shape index (κ1) is 22.5. The molecule has 0 N–H and O–H groups in total. The minimum atomic E-state index is -0.513. The summed E-state index contributed by atoms with van der Waals surface area (Å²) >= 11 is 4.49. The first-order valence-electron chi connectivity index (χ1n) is 9.81. The van der Waals surface area contributed by atoms with Gasteiger partial charge in [0.05, 0.1) is 16.3 Å². The third kappa shape index (κ3) is 5.37. The normalized spacial score (nSPS) is 16.0. The maximum Gasteiger partial charge on any atom is 0.289 e. The second-order valence-electron chi connectivity index (χ2n) is 7.31. The molecule has 2 amide bonds. The lowest BCUT2D eigenvalue weighted by Crippen LogP contribution is -2.31. The number of carbonyl (C=O) groups excluding carboxylic acids is 2. The minimum Gasteiger partial charge on any atom is -0.488 e. The highest BCUT2D eigenvalue weighted by atomic mass is 79.9. The van der Waals surface area contributed by atoms with E-state index in [1.54, 1.807) is 30.3 Å². The summed E-state index contributed by atoms with van der Waals surface area (Å²) in [5.74, 6) is -0.293. The van der Waals surface area contributed by atoms with Crippen molar-refractivity contribution in [1.82, 2.24) is 4.90 Å². The second kappa shape index (κ2) is 9.83. The van der Waals surface area contributed by atoms with Gasteiger partial charge in [-0.15, -0.1) is 0 Å². The third-order valence-electron chi connectivity index (χ3n) is 4.98. The third-order valence-corrected chi connectivity index (χ3v) is 6.68. The van der Waals surface area contributed by atoms with Gasteiger partial charge in [0, 0.05) is 0 Å². The number of hydrogen-bond donors (Lipinski definition) is 0. The van der Waals surface area contributed by atoms with Crippen molar-refractivity contribution in [2.24, 2.45) is 0 Å². The van der Waals surface area contributed by atoms with E-state index in [1.807, 2.05) is 12.1 Å². The molecule has 0 unspecified atom stereocenters. The molecule has 4 rings (SSSR count). The fourth-order valence-corrected chi connectivity index (χ4v) is 4.86. The van der Waals surface area contributed by atoms with Gasteiger partial charge < -0.3 is 4.74 Å². The number of nitrogens with zero attached hydrogens (tertiary/aromatic N) is 1. The van der Waals surface area contributed by atoms with Gasteiger partial charge in [-0.25, -0.2) is 8.78 Å². The Balaban J connectivity index is 1.37. The van der Waals surface area contributed by atoms with E-state index < -0.39 is 5.25 Å². The van der Waals surface area contributed by atoms with Gasteiger partial charge in [-0.1, -0.05) is 42.1 Å². The SMILES string of the molecule is O=C1S[C@@H](Cc2ccc(OCc3ccc(F)cc3)c(Br)c2)C(=O)N1Cc1ccc(F)cc1. The summed E-state index contributed by atoms with van der Waals surface area (Å²) in [6.07, 6.45) is 0.395. The van der Waals surface area contributed by atoms with E-state index in [2.05, 4.69) is 15.9 Å². The Morgan fingerprint density at radius 2 is 1.47 bits per heavy atom. The predicted molar refractivity (Wildman–Crippen MR) is 122 cm³/mol. The summed E-state index contributed by atoms with van der Waals surface area (Å²) in [6, 6.07) is 17.3. The van der Waals surface area contributed by atoms with Crippen LogP contribution in [-0.4, -0.2) is 21.3 Å². The first-order chi connectivity index (χ1) is 15.4. The van der Waals surface area contributed by atoms with Gasteiger partial charge in [0.15, 0.2) is 0 Å². The fraction of sp³-hybridized carbons (Fsp3) is 0.167. The summed E-state index contributed by atoms with van der Waals surface area (Å²) in [5, 5.41) is -0.816. The average molecular weight is 518 g/mol. The molecule has 32 heavy (non-hydrogen) atoms. The Hall–Kier alpha value is -2.71. The summed E-state index contributed by atoms with van der Waals surface area (Å²) in [4.78, 5) is 26.3. The van der Waals surface area contributed by atoms with E-state index in [1.165, 1.54) is 29.2 Å². The minimum absolute atomic E-state index is 0.126. The van der Waals surface area contributed by atoms with Crippen molar-refractivity contribution in [3.05, 3.63) is 99.5 Å². The molecule has 1 saturated heterocycles. The molecule has 0 aromatic heterocycles. The van der Waals surface area contributed by atoms with Gasteiger partial charge in [-0.2, -0.15) is 0 Å². The van der Waals surface area contributed by atoms with E-state index >= 15 is 0 Å².